The molecule has 0 heterocycles. The van der Waals surface area contributed by atoms with Crippen molar-refractivity contribution in [2.45, 2.75) is 89.3 Å². The first kappa shape index (κ1) is 41.3. The Bertz CT molecular complexity index is 1460. The van der Waals surface area contributed by atoms with Crippen molar-refractivity contribution in [2.24, 2.45) is 11.7 Å². The first-order chi connectivity index (χ1) is 23.2. The maximum Gasteiger partial charge on any atom is 0.573 e. The molecule has 0 aliphatic carbocycles. The monoisotopic (exact) mass is 719 g/mol. The van der Waals surface area contributed by atoms with Gasteiger partial charge < -0.3 is 36.8 Å². The number of benzene rings is 2. The lowest BCUT2D eigenvalue weighted by Gasteiger charge is -2.28. The number of ether oxygens (including phenoxy) is 1. The zero-order chi connectivity index (χ0) is 37.8. The molecular weight excluding hydrogens is 680 g/mol. The Morgan fingerprint density at radius 1 is 0.780 bits per heavy atom. The van der Waals surface area contributed by atoms with Crippen LogP contribution in [0.25, 0.3) is 0 Å². The van der Waals surface area contributed by atoms with E-state index in [0.717, 1.165) is 19.1 Å². The Balaban J connectivity index is 2.17. The Kier molecular flexibility index (Phi) is 15.0. The Hall–Kier alpha value is -4.87. The molecule has 0 aliphatic heterocycles. The van der Waals surface area contributed by atoms with E-state index in [1.54, 1.807) is 44.2 Å². The summed E-state index contributed by atoms with van der Waals surface area (Å²) in [7, 11) is 0. The molecule has 5 atom stereocenters. The lowest BCUT2D eigenvalue weighted by atomic mass is 10.00. The summed E-state index contributed by atoms with van der Waals surface area (Å²) in [6.07, 6.45) is -14.7. The number of aliphatic hydroxyl groups is 1. The highest BCUT2D eigenvalue weighted by atomic mass is 19.4. The molecule has 0 aliphatic rings. The van der Waals surface area contributed by atoms with Crippen LogP contribution in [0.15, 0.2) is 54.6 Å². The SMILES string of the molecule is CC(C)[C@H](NC(=O)Cc1ccc(OC(F)(F)F)cc1)C(=O)N[C@@H](Cc1ccccc1)C(=O)N[C@@H](C)C(=O)NC(CCC(N)=O)C(O)C(F)(F)F. The summed E-state index contributed by atoms with van der Waals surface area (Å²) in [5, 5.41) is 19.1. The van der Waals surface area contributed by atoms with Crippen LogP contribution in [-0.4, -0.2) is 77.5 Å². The molecule has 0 saturated heterocycles. The molecule has 2 rings (SSSR count). The van der Waals surface area contributed by atoms with Gasteiger partial charge in [-0.3, -0.25) is 24.0 Å². The van der Waals surface area contributed by atoms with E-state index in [4.69, 9.17) is 5.73 Å². The predicted octanol–water partition coefficient (Wildman–Crippen LogP) is 2.17. The topological polar surface area (TPSA) is 189 Å². The number of hydrogen-bond acceptors (Lipinski definition) is 7. The number of carbonyl (C=O) groups is 5. The lowest BCUT2D eigenvalue weighted by Crippen LogP contribution is -2.59. The van der Waals surface area contributed by atoms with E-state index < -0.39 is 96.9 Å². The van der Waals surface area contributed by atoms with Gasteiger partial charge in [0.05, 0.1) is 12.5 Å². The Morgan fingerprint density at radius 2 is 1.38 bits per heavy atom. The fourth-order valence-electron chi connectivity index (χ4n) is 4.60. The first-order valence-electron chi connectivity index (χ1n) is 15.3. The minimum absolute atomic E-state index is 0.105. The van der Waals surface area contributed by atoms with Crippen LogP contribution in [0.3, 0.4) is 0 Å². The number of hydrogen-bond donors (Lipinski definition) is 6. The minimum Gasteiger partial charge on any atom is -0.406 e. The van der Waals surface area contributed by atoms with Crippen LogP contribution < -0.4 is 31.7 Å². The number of rotatable bonds is 17. The Labute approximate surface area is 283 Å². The number of primary amides is 1. The highest BCUT2D eigenvalue weighted by Gasteiger charge is 2.44. The zero-order valence-electron chi connectivity index (χ0n) is 27.2. The molecule has 12 nitrogen and oxygen atoms in total. The average molecular weight is 720 g/mol. The van der Waals surface area contributed by atoms with E-state index in [1.807, 2.05) is 5.32 Å². The zero-order valence-corrected chi connectivity index (χ0v) is 27.2. The van der Waals surface area contributed by atoms with Gasteiger partial charge in [0.25, 0.3) is 0 Å². The summed E-state index contributed by atoms with van der Waals surface area (Å²) < 4.78 is 80.7. The smallest absolute Gasteiger partial charge is 0.406 e. The maximum atomic E-state index is 13.4. The summed E-state index contributed by atoms with van der Waals surface area (Å²) in [4.78, 5) is 63.6. The quantitative estimate of drug-likeness (QED) is 0.135. The van der Waals surface area contributed by atoms with Gasteiger partial charge in [0.15, 0.2) is 6.10 Å². The Morgan fingerprint density at radius 3 is 1.90 bits per heavy atom. The van der Waals surface area contributed by atoms with E-state index in [1.165, 1.54) is 12.1 Å². The van der Waals surface area contributed by atoms with Gasteiger partial charge in [-0.05, 0) is 42.5 Å². The van der Waals surface area contributed by atoms with Gasteiger partial charge in [0, 0.05) is 12.8 Å². The van der Waals surface area contributed by atoms with E-state index in [-0.39, 0.29) is 12.8 Å². The van der Waals surface area contributed by atoms with Crippen LogP contribution in [0.1, 0.15) is 44.7 Å². The van der Waals surface area contributed by atoms with Crippen LogP contribution >= 0.6 is 0 Å². The number of nitrogens with one attached hydrogen (secondary N) is 4. The molecule has 5 amide bonds. The molecule has 2 aromatic rings. The number of amides is 5. The summed E-state index contributed by atoms with van der Waals surface area (Å²) in [6, 6.07) is 6.87. The van der Waals surface area contributed by atoms with Crippen LogP contribution in [0.2, 0.25) is 0 Å². The molecule has 0 radical (unpaired) electrons. The van der Waals surface area contributed by atoms with E-state index >= 15 is 0 Å². The second kappa shape index (κ2) is 18.2. The molecule has 0 saturated carbocycles. The molecule has 0 fully saturated rings. The fourth-order valence-corrected chi connectivity index (χ4v) is 4.60. The van der Waals surface area contributed by atoms with E-state index in [2.05, 4.69) is 20.7 Å². The normalized spacial score (nSPS) is 14.8. The van der Waals surface area contributed by atoms with Crippen molar-refractivity contribution in [2.75, 3.05) is 0 Å². The van der Waals surface area contributed by atoms with Crippen molar-refractivity contribution in [3.8, 4) is 5.75 Å². The number of nitrogens with two attached hydrogens (primary N) is 1. The molecule has 2 aromatic carbocycles. The largest absolute Gasteiger partial charge is 0.573 e. The predicted molar refractivity (Wildman–Crippen MR) is 166 cm³/mol. The number of halogens is 6. The van der Waals surface area contributed by atoms with Crippen LogP contribution in [0.5, 0.6) is 5.75 Å². The molecule has 0 spiro atoms. The van der Waals surface area contributed by atoms with Gasteiger partial charge in [-0.2, -0.15) is 13.2 Å². The van der Waals surface area contributed by atoms with Gasteiger partial charge in [0.1, 0.15) is 23.9 Å². The number of alkyl halides is 6. The molecule has 50 heavy (non-hydrogen) atoms. The standard InChI is InChI=1S/C32H39F6N5O7/c1-17(2)26(43-25(45)16-20-9-11-21(12-10-20)50-32(36,37)38)30(49)42-23(15-19-7-5-4-6-8-19)29(48)40-18(3)28(47)41-22(13-14-24(39)44)27(46)31(33,34)35/h4-12,17-18,22-23,26-27,46H,13-16H2,1-3H3,(H2,39,44)(H,40,48)(H,41,47)(H,42,49)(H,43,45)/t18-,22?,23-,26-,27?/m0/s1. The molecule has 18 heteroatoms. The van der Waals surface area contributed by atoms with Crippen molar-refractivity contribution in [1.82, 2.24) is 21.3 Å². The third-order valence-corrected chi connectivity index (χ3v) is 7.20. The van der Waals surface area contributed by atoms with E-state index in [9.17, 15) is 55.4 Å². The summed E-state index contributed by atoms with van der Waals surface area (Å²) >= 11 is 0. The first-order valence-corrected chi connectivity index (χ1v) is 15.3. The number of aliphatic hydroxyl groups excluding tert-OH is 1. The van der Waals surface area contributed by atoms with Crippen LogP contribution in [0.4, 0.5) is 26.3 Å². The highest BCUT2D eigenvalue weighted by Crippen LogP contribution is 2.25. The molecule has 7 N–H and O–H groups in total. The minimum atomic E-state index is -5.15. The van der Waals surface area contributed by atoms with Crippen LogP contribution in [0, 0.1) is 5.92 Å². The van der Waals surface area contributed by atoms with Crippen molar-refractivity contribution >= 4 is 29.5 Å². The summed E-state index contributed by atoms with van der Waals surface area (Å²) in [5.41, 5.74) is 5.89. The highest BCUT2D eigenvalue weighted by molar-refractivity contribution is 5.94. The van der Waals surface area contributed by atoms with Crippen molar-refractivity contribution in [3.05, 3.63) is 65.7 Å². The van der Waals surface area contributed by atoms with Crippen molar-refractivity contribution in [1.29, 1.82) is 0 Å². The van der Waals surface area contributed by atoms with Gasteiger partial charge in [-0.15, -0.1) is 13.2 Å². The fraction of sp³-hybridized carbons (Fsp3) is 0.469. The second-order valence-corrected chi connectivity index (χ2v) is 11.7. The van der Waals surface area contributed by atoms with Gasteiger partial charge in [0.2, 0.25) is 29.5 Å². The summed E-state index contributed by atoms with van der Waals surface area (Å²) in [5.74, 6) is -5.48. The molecule has 0 aromatic heterocycles. The molecule has 276 valence electrons. The van der Waals surface area contributed by atoms with Crippen molar-refractivity contribution in [3.63, 3.8) is 0 Å². The maximum absolute atomic E-state index is 13.4. The third-order valence-electron chi connectivity index (χ3n) is 7.20. The number of carbonyl (C=O) groups excluding carboxylic acids is 5. The average Bonchev–Trinajstić information content (AvgIpc) is 3.01. The molecule has 0 bridgehead atoms. The summed E-state index contributed by atoms with van der Waals surface area (Å²) in [6.45, 7) is 4.37. The van der Waals surface area contributed by atoms with Crippen molar-refractivity contribution < 1.29 is 60.2 Å². The van der Waals surface area contributed by atoms with Crippen LogP contribution in [-0.2, 0) is 36.8 Å². The van der Waals surface area contributed by atoms with Gasteiger partial charge >= 0.3 is 12.5 Å². The molecule has 2 unspecified atom stereocenters. The van der Waals surface area contributed by atoms with Gasteiger partial charge in [-0.25, -0.2) is 0 Å². The lowest BCUT2D eigenvalue weighted by molar-refractivity contribution is -0.274. The molecular formula is C32H39F6N5O7. The third kappa shape index (κ3) is 14.3. The van der Waals surface area contributed by atoms with Gasteiger partial charge in [-0.1, -0.05) is 56.3 Å². The van der Waals surface area contributed by atoms with E-state index in [0.29, 0.717) is 11.1 Å². The second-order valence-electron chi connectivity index (χ2n) is 11.7.